The molecule has 0 amide bonds. The van der Waals surface area contributed by atoms with Crippen molar-refractivity contribution in [3.63, 3.8) is 0 Å². The van der Waals surface area contributed by atoms with Crippen LogP contribution in [0.4, 0.5) is 0 Å². The molecule has 2 aliphatic rings. The Balaban J connectivity index is 0.00000133. The molecule has 1 aromatic heterocycles. The number of hydrogen-bond donors (Lipinski definition) is 1. The van der Waals surface area contributed by atoms with Gasteiger partial charge in [0.2, 0.25) is 5.89 Å². The molecule has 3 rings (SSSR count). The van der Waals surface area contributed by atoms with E-state index in [9.17, 15) is 0 Å². The molecule has 1 aromatic rings. The van der Waals surface area contributed by atoms with Crippen LogP contribution in [0.1, 0.15) is 55.8 Å². The Morgan fingerprint density at radius 2 is 2.05 bits per heavy atom. The maximum Gasteiger partial charge on any atom is 0.229 e. The fraction of sp³-hybridized carbons (Fsp3) is 0.846. The van der Waals surface area contributed by atoms with E-state index in [1.807, 2.05) is 0 Å². The Morgan fingerprint density at radius 1 is 1.26 bits per heavy atom. The van der Waals surface area contributed by atoms with E-state index in [-0.39, 0.29) is 18.4 Å². The van der Waals surface area contributed by atoms with Crippen LogP contribution in [-0.2, 0) is 0 Å². The van der Waals surface area contributed by atoms with Crippen LogP contribution in [0.15, 0.2) is 4.52 Å². The summed E-state index contributed by atoms with van der Waals surface area (Å²) in [4.78, 5) is 6.95. The van der Waals surface area contributed by atoms with Crippen molar-refractivity contribution in [3.05, 3.63) is 11.7 Å². The van der Waals surface area contributed by atoms with Crippen LogP contribution >= 0.6 is 12.4 Å². The lowest BCUT2D eigenvalue weighted by molar-refractivity contribution is 0.190. The summed E-state index contributed by atoms with van der Waals surface area (Å²) in [5, 5.41) is 7.59. The topological polar surface area (TPSA) is 54.2 Å². The lowest BCUT2D eigenvalue weighted by Gasteiger charge is -2.30. The standard InChI is InChI=1S/C13H22N4O.ClH/c1-17-8-7-14-9-11(17)12-15-13(18-16-12)10-5-3-2-4-6-10;/h10-11,14H,2-9H2,1H3;1H. The van der Waals surface area contributed by atoms with Gasteiger partial charge in [0.1, 0.15) is 0 Å². The van der Waals surface area contributed by atoms with Crippen molar-refractivity contribution in [1.29, 1.82) is 0 Å². The second-order valence-electron chi connectivity index (χ2n) is 5.53. The van der Waals surface area contributed by atoms with Crippen molar-refractivity contribution in [3.8, 4) is 0 Å². The van der Waals surface area contributed by atoms with Gasteiger partial charge < -0.3 is 9.84 Å². The molecule has 0 bridgehead atoms. The summed E-state index contributed by atoms with van der Waals surface area (Å²) in [7, 11) is 2.13. The molecule has 19 heavy (non-hydrogen) atoms. The first-order valence-electron chi connectivity index (χ1n) is 7.09. The van der Waals surface area contributed by atoms with Gasteiger partial charge in [0, 0.05) is 25.6 Å². The number of aromatic nitrogens is 2. The molecule has 0 radical (unpaired) electrons. The summed E-state index contributed by atoms with van der Waals surface area (Å²) < 4.78 is 5.49. The van der Waals surface area contributed by atoms with Gasteiger partial charge in [-0.3, -0.25) is 4.90 Å². The minimum absolute atomic E-state index is 0. The van der Waals surface area contributed by atoms with Gasteiger partial charge in [0.05, 0.1) is 6.04 Å². The first-order chi connectivity index (χ1) is 8.84. The van der Waals surface area contributed by atoms with Gasteiger partial charge in [-0.1, -0.05) is 24.4 Å². The second-order valence-corrected chi connectivity index (χ2v) is 5.53. The van der Waals surface area contributed by atoms with E-state index < -0.39 is 0 Å². The third kappa shape index (κ3) is 3.27. The number of nitrogens with zero attached hydrogens (tertiary/aromatic N) is 3. The van der Waals surface area contributed by atoms with Crippen molar-refractivity contribution >= 4 is 12.4 Å². The molecule has 0 spiro atoms. The van der Waals surface area contributed by atoms with E-state index >= 15 is 0 Å². The van der Waals surface area contributed by atoms with Crippen LogP contribution in [0.2, 0.25) is 0 Å². The molecule has 6 heteroatoms. The van der Waals surface area contributed by atoms with Gasteiger partial charge in [0.25, 0.3) is 0 Å². The van der Waals surface area contributed by atoms with Crippen molar-refractivity contribution in [2.24, 2.45) is 0 Å². The zero-order chi connectivity index (χ0) is 12.4. The number of rotatable bonds is 2. The predicted molar refractivity (Wildman–Crippen MR) is 75.6 cm³/mol. The van der Waals surface area contributed by atoms with Gasteiger partial charge in [0.15, 0.2) is 5.82 Å². The normalized spacial score (nSPS) is 26.1. The van der Waals surface area contributed by atoms with Gasteiger partial charge in [-0.15, -0.1) is 12.4 Å². The minimum atomic E-state index is 0. The zero-order valence-electron chi connectivity index (χ0n) is 11.5. The smallest absolute Gasteiger partial charge is 0.229 e. The van der Waals surface area contributed by atoms with Crippen molar-refractivity contribution in [2.75, 3.05) is 26.7 Å². The molecule has 1 saturated carbocycles. The zero-order valence-corrected chi connectivity index (χ0v) is 12.3. The Kier molecular flexibility index (Phi) is 5.19. The summed E-state index contributed by atoms with van der Waals surface area (Å²) >= 11 is 0. The first kappa shape index (κ1) is 14.8. The number of piperazine rings is 1. The van der Waals surface area contributed by atoms with Gasteiger partial charge in [-0.05, 0) is 19.9 Å². The van der Waals surface area contributed by atoms with Crippen molar-refractivity contribution < 1.29 is 4.52 Å². The van der Waals surface area contributed by atoms with Crippen LogP contribution in [-0.4, -0.2) is 41.7 Å². The van der Waals surface area contributed by atoms with Crippen LogP contribution in [0.25, 0.3) is 0 Å². The molecule has 1 N–H and O–H groups in total. The third-order valence-corrected chi connectivity index (χ3v) is 4.22. The minimum Gasteiger partial charge on any atom is -0.339 e. The van der Waals surface area contributed by atoms with E-state index in [4.69, 9.17) is 4.52 Å². The molecule has 1 saturated heterocycles. The predicted octanol–water partition coefficient (Wildman–Crippen LogP) is 2.12. The molecular weight excluding hydrogens is 264 g/mol. The van der Waals surface area contributed by atoms with Crippen LogP contribution in [0, 0.1) is 0 Å². The summed E-state index contributed by atoms with van der Waals surface area (Å²) in [6.45, 7) is 3.00. The molecule has 0 aromatic carbocycles. The highest BCUT2D eigenvalue weighted by Crippen LogP contribution is 2.32. The SMILES string of the molecule is CN1CCNCC1c1noc(C2CCCCC2)n1.Cl. The second kappa shape index (κ2) is 6.68. The van der Waals surface area contributed by atoms with Crippen LogP contribution < -0.4 is 5.32 Å². The van der Waals surface area contributed by atoms with Gasteiger partial charge >= 0.3 is 0 Å². The Morgan fingerprint density at radius 3 is 2.79 bits per heavy atom. The molecule has 2 fully saturated rings. The fourth-order valence-electron chi connectivity index (χ4n) is 2.99. The molecule has 1 aliphatic heterocycles. The van der Waals surface area contributed by atoms with Crippen LogP contribution in [0.3, 0.4) is 0 Å². The monoisotopic (exact) mass is 286 g/mol. The average molecular weight is 287 g/mol. The third-order valence-electron chi connectivity index (χ3n) is 4.22. The van der Waals surface area contributed by atoms with Gasteiger partial charge in [-0.2, -0.15) is 4.98 Å². The fourth-order valence-corrected chi connectivity index (χ4v) is 2.99. The number of halogens is 1. The highest BCUT2D eigenvalue weighted by Gasteiger charge is 2.27. The van der Waals surface area contributed by atoms with E-state index in [0.29, 0.717) is 5.92 Å². The van der Waals surface area contributed by atoms with Crippen molar-refractivity contribution in [2.45, 2.75) is 44.1 Å². The number of hydrogen-bond acceptors (Lipinski definition) is 5. The Hall–Kier alpha value is -0.650. The summed E-state index contributed by atoms with van der Waals surface area (Å²) in [6.07, 6.45) is 6.37. The van der Waals surface area contributed by atoms with E-state index in [0.717, 1.165) is 31.3 Å². The summed E-state index contributed by atoms with van der Waals surface area (Å²) in [5.41, 5.74) is 0. The Bertz CT molecular complexity index is 392. The van der Waals surface area contributed by atoms with E-state index in [1.165, 1.54) is 32.1 Å². The molecule has 1 aliphatic carbocycles. The molecule has 2 heterocycles. The molecule has 1 atom stereocenters. The van der Waals surface area contributed by atoms with E-state index in [2.05, 4.69) is 27.4 Å². The summed E-state index contributed by atoms with van der Waals surface area (Å²) in [6, 6.07) is 0.264. The van der Waals surface area contributed by atoms with Crippen molar-refractivity contribution in [1.82, 2.24) is 20.4 Å². The molecule has 108 valence electrons. The van der Waals surface area contributed by atoms with Crippen LogP contribution in [0.5, 0.6) is 0 Å². The maximum absolute atomic E-state index is 5.49. The molecule has 5 nitrogen and oxygen atoms in total. The highest BCUT2D eigenvalue weighted by atomic mass is 35.5. The highest BCUT2D eigenvalue weighted by molar-refractivity contribution is 5.85. The average Bonchev–Trinajstić information content (AvgIpc) is 2.90. The Labute approximate surface area is 120 Å². The number of likely N-dealkylation sites (N-methyl/N-ethyl adjacent to an activating group) is 1. The quantitative estimate of drug-likeness (QED) is 0.902. The van der Waals surface area contributed by atoms with E-state index in [1.54, 1.807) is 0 Å². The lowest BCUT2D eigenvalue weighted by Crippen LogP contribution is -2.44. The summed E-state index contributed by atoms with van der Waals surface area (Å²) in [5.74, 6) is 2.22. The lowest BCUT2D eigenvalue weighted by atomic mass is 9.89. The first-order valence-corrected chi connectivity index (χ1v) is 7.09. The maximum atomic E-state index is 5.49. The molecular formula is C13H23ClN4O. The number of nitrogens with one attached hydrogen (secondary N) is 1. The molecule has 1 unspecified atom stereocenters. The largest absolute Gasteiger partial charge is 0.339 e. The van der Waals surface area contributed by atoms with Gasteiger partial charge in [-0.25, -0.2) is 0 Å².